The van der Waals surface area contributed by atoms with Gasteiger partial charge in [0.25, 0.3) is 0 Å². The molecule has 3 nitrogen and oxygen atoms in total. The molecule has 0 saturated carbocycles. The van der Waals surface area contributed by atoms with E-state index in [2.05, 4.69) is 41.8 Å². The molecule has 0 amide bonds. The van der Waals surface area contributed by atoms with Crippen molar-refractivity contribution in [3.63, 3.8) is 0 Å². The fourth-order valence-electron chi connectivity index (χ4n) is 1.39. The Labute approximate surface area is 115 Å². The number of halogens is 3. The molecular weight excluding hydrogens is 353 g/mol. The van der Waals surface area contributed by atoms with Gasteiger partial charge in [0.15, 0.2) is 5.82 Å². The van der Waals surface area contributed by atoms with E-state index in [1.807, 2.05) is 0 Å². The zero-order valence-electron chi connectivity index (χ0n) is 8.84. The Bertz CT molecular complexity index is 544. The number of anilines is 1. The van der Waals surface area contributed by atoms with Gasteiger partial charge in [0.1, 0.15) is 11.6 Å². The normalized spacial score (nSPS) is 10.6. The van der Waals surface area contributed by atoms with Crippen molar-refractivity contribution in [2.24, 2.45) is 0 Å². The first-order valence-corrected chi connectivity index (χ1v) is 6.32. The van der Waals surface area contributed by atoms with Crippen LogP contribution in [-0.4, -0.2) is 9.97 Å². The van der Waals surface area contributed by atoms with Crippen molar-refractivity contribution < 1.29 is 4.39 Å². The summed E-state index contributed by atoms with van der Waals surface area (Å²) in [6.07, 6.45) is 0. The standard InChI is InChI=1S/C11H8Br2FN3/c1-5-9(13)10(15)17-11(16-5)6-2-7(12)4-8(14)3-6/h2-4H,1H3,(H2,15,16,17). The van der Waals surface area contributed by atoms with Crippen LogP contribution in [0.3, 0.4) is 0 Å². The Hall–Kier alpha value is -1.01. The summed E-state index contributed by atoms with van der Waals surface area (Å²) in [5.41, 5.74) is 7.03. The lowest BCUT2D eigenvalue weighted by atomic mass is 10.2. The lowest BCUT2D eigenvalue weighted by Gasteiger charge is -2.06. The van der Waals surface area contributed by atoms with Gasteiger partial charge in [-0.15, -0.1) is 0 Å². The van der Waals surface area contributed by atoms with Gasteiger partial charge < -0.3 is 5.73 Å². The van der Waals surface area contributed by atoms with Gasteiger partial charge in [-0.1, -0.05) is 15.9 Å². The minimum absolute atomic E-state index is 0.341. The molecule has 0 aliphatic carbocycles. The second-order valence-corrected chi connectivity index (χ2v) is 5.20. The molecule has 0 aliphatic rings. The highest BCUT2D eigenvalue weighted by atomic mass is 79.9. The van der Waals surface area contributed by atoms with Crippen molar-refractivity contribution in [1.82, 2.24) is 9.97 Å². The van der Waals surface area contributed by atoms with Gasteiger partial charge >= 0.3 is 0 Å². The zero-order valence-corrected chi connectivity index (χ0v) is 12.0. The van der Waals surface area contributed by atoms with Crippen molar-refractivity contribution >= 4 is 37.7 Å². The Morgan fingerprint density at radius 1 is 1.18 bits per heavy atom. The summed E-state index contributed by atoms with van der Waals surface area (Å²) in [4.78, 5) is 8.38. The number of rotatable bonds is 1. The third-order valence-electron chi connectivity index (χ3n) is 2.16. The molecule has 0 bridgehead atoms. The summed E-state index contributed by atoms with van der Waals surface area (Å²) >= 11 is 6.51. The Balaban J connectivity index is 2.60. The number of aromatic nitrogens is 2. The maximum absolute atomic E-state index is 13.3. The minimum Gasteiger partial charge on any atom is -0.383 e. The molecule has 6 heteroatoms. The van der Waals surface area contributed by atoms with Gasteiger partial charge in [0.2, 0.25) is 0 Å². The van der Waals surface area contributed by atoms with Crippen LogP contribution in [0.5, 0.6) is 0 Å². The third-order valence-corrected chi connectivity index (χ3v) is 3.60. The van der Waals surface area contributed by atoms with Gasteiger partial charge in [-0.2, -0.15) is 0 Å². The first kappa shape index (κ1) is 12.4. The van der Waals surface area contributed by atoms with Crippen LogP contribution < -0.4 is 5.73 Å². The molecule has 2 rings (SSSR count). The summed E-state index contributed by atoms with van der Waals surface area (Å²) < 4.78 is 14.6. The highest BCUT2D eigenvalue weighted by molar-refractivity contribution is 9.11. The number of aryl methyl sites for hydroxylation is 1. The predicted octanol–water partition coefficient (Wildman–Crippen LogP) is 3.70. The van der Waals surface area contributed by atoms with E-state index in [0.29, 0.717) is 31.8 Å². The van der Waals surface area contributed by atoms with E-state index in [9.17, 15) is 4.39 Å². The van der Waals surface area contributed by atoms with Crippen LogP contribution in [0.25, 0.3) is 11.4 Å². The summed E-state index contributed by atoms with van der Waals surface area (Å²) in [5.74, 6) is 0.397. The summed E-state index contributed by atoms with van der Waals surface area (Å²) in [5, 5.41) is 0. The minimum atomic E-state index is -0.350. The van der Waals surface area contributed by atoms with E-state index in [4.69, 9.17) is 5.73 Å². The van der Waals surface area contributed by atoms with Crippen LogP contribution in [0.15, 0.2) is 27.1 Å². The van der Waals surface area contributed by atoms with Crippen molar-refractivity contribution in [3.8, 4) is 11.4 Å². The number of benzene rings is 1. The lowest BCUT2D eigenvalue weighted by molar-refractivity contribution is 0.627. The average Bonchev–Trinajstić information content (AvgIpc) is 2.23. The van der Waals surface area contributed by atoms with Crippen LogP contribution in [0, 0.1) is 12.7 Å². The Morgan fingerprint density at radius 3 is 2.47 bits per heavy atom. The molecule has 17 heavy (non-hydrogen) atoms. The molecule has 0 aliphatic heterocycles. The van der Waals surface area contributed by atoms with Crippen molar-refractivity contribution in [2.75, 3.05) is 5.73 Å². The number of nitrogens with zero attached hydrogens (tertiary/aromatic N) is 2. The molecule has 0 saturated heterocycles. The molecule has 0 spiro atoms. The van der Waals surface area contributed by atoms with Crippen LogP contribution in [-0.2, 0) is 0 Å². The van der Waals surface area contributed by atoms with Gasteiger partial charge in [-0.05, 0) is 41.1 Å². The van der Waals surface area contributed by atoms with Crippen molar-refractivity contribution in [1.29, 1.82) is 0 Å². The van der Waals surface area contributed by atoms with E-state index < -0.39 is 0 Å². The summed E-state index contributed by atoms with van der Waals surface area (Å²) in [6, 6.07) is 4.48. The molecule has 0 fully saturated rings. The van der Waals surface area contributed by atoms with E-state index in [0.717, 1.165) is 0 Å². The molecule has 1 heterocycles. The highest BCUT2D eigenvalue weighted by Gasteiger charge is 2.10. The molecule has 2 N–H and O–H groups in total. The summed E-state index contributed by atoms with van der Waals surface area (Å²) in [7, 11) is 0. The number of hydrogen-bond donors (Lipinski definition) is 1. The van der Waals surface area contributed by atoms with Gasteiger partial charge in [-0.25, -0.2) is 14.4 Å². The molecule has 2 aromatic rings. The van der Waals surface area contributed by atoms with Gasteiger partial charge in [-0.3, -0.25) is 0 Å². The van der Waals surface area contributed by atoms with Crippen LogP contribution in [0.4, 0.5) is 10.2 Å². The molecule has 0 radical (unpaired) electrons. The van der Waals surface area contributed by atoms with E-state index in [1.165, 1.54) is 12.1 Å². The van der Waals surface area contributed by atoms with Crippen LogP contribution in [0.1, 0.15) is 5.69 Å². The van der Waals surface area contributed by atoms with E-state index in [1.54, 1.807) is 13.0 Å². The van der Waals surface area contributed by atoms with Gasteiger partial charge in [0.05, 0.1) is 10.2 Å². The monoisotopic (exact) mass is 359 g/mol. The maximum atomic E-state index is 13.3. The molecule has 88 valence electrons. The molecule has 0 atom stereocenters. The van der Waals surface area contributed by atoms with Crippen molar-refractivity contribution in [2.45, 2.75) is 6.92 Å². The fraction of sp³-hybridized carbons (Fsp3) is 0.0909. The van der Waals surface area contributed by atoms with Crippen molar-refractivity contribution in [3.05, 3.63) is 38.7 Å². The maximum Gasteiger partial charge on any atom is 0.161 e. The van der Waals surface area contributed by atoms with E-state index in [-0.39, 0.29) is 5.82 Å². The first-order valence-electron chi connectivity index (χ1n) is 4.73. The zero-order chi connectivity index (χ0) is 12.6. The number of nitrogen functional groups attached to an aromatic ring is 1. The predicted molar refractivity (Wildman–Crippen MR) is 72.0 cm³/mol. The Kier molecular flexibility index (Phi) is 3.44. The first-order chi connectivity index (χ1) is 7.97. The average molecular weight is 361 g/mol. The Morgan fingerprint density at radius 2 is 1.88 bits per heavy atom. The topological polar surface area (TPSA) is 51.8 Å². The lowest BCUT2D eigenvalue weighted by Crippen LogP contribution is -2.00. The summed E-state index contributed by atoms with van der Waals surface area (Å²) in [6.45, 7) is 1.81. The quantitative estimate of drug-likeness (QED) is 0.843. The largest absolute Gasteiger partial charge is 0.383 e. The highest BCUT2D eigenvalue weighted by Crippen LogP contribution is 2.26. The number of nitrogens with two attached hydrogens (primary N) is 1. The fourth-order valence-corrected chi connectivity index (χ4v) is 2.04. The van der Waals surface area contributed by atoms with E-state index >= 15 is 0 Å². The molecule has 1 aromatic heterocycles. The van der Waals surface area contributed by atoms with Crippen LogP contribution in [0.2, 0.25) is 0 Å². The second-order valence-electron chi connectivity index (χ2n) is 3.49. The van der Waals surface area contributed by atoms with Gasteiger partial charge in [0, 0.05) is 10.0 Å². The molecular formula is C11H8Br2FN3. The third kappa shape index (κ3) is 2.63. The molecule has 0 unspecified atom stereocenters. The smallest absolute Gasteiger partial charge is 0.161 e. The molecule has 1 aromatic carbocycles. The number of hydrogen-bond acceptors (Lipinski definition) is 3. The van der Waals surface area contributed by atoms with Crippen LogP contribution >= 0.6 is 31.9 Å². The SMILES string of the molecule is Cc1nc(-c2cc(F)cc(Br)c2)nc(N)c1Br. The second kappa shape index (κ2) is 4.70.